The number of aromatic nitrogens is 2. The minimum Gasteiger partial charge on any atom is -0.344 e. The van der Waals surface area contributed by atoms with E-state index in [0.717, 1.165) is 17.7 Å². The molecule has 2 aromatic carbocycles. The predicted octanol–water partition coefficient (Wildman–Crippen LogP) is 4.30. The lowest BCUT2D eigenvalue weighted by Crippen LogP contribution is -2.27. The summed E-state index contributed by atoms with van der Waals surface area (Å²) in [6.07, 6.45) is 0. The fraction of sp³-hybridized carbons (Fsp3) is 0.150. The maximum atomic E-state index is 13.4. The molecule has 1 heterocycles. The number of hydrogen-bond donors (Lipinski definition) is 2. The van der Waals surface area contributed by atoms with E-state index in [9.17, 15) is 13.6 Å². The Kier molecular flexibility index (Phi) is 5.40. The molecular formula is C20H18F2N4O. The van der Waals surface area contributed by atoms with Crippen molar-refractivity contribution in [1.82, 2.24) is 15.3 Å². The number of hydrogen-bond acceptors (Lipinski definition) is 4. The molecule has 0 aliphatic rings. The number of halogens is 2. The first kappa shape index (κ1) is 18.4. The van der Waals surface area contributed by atoms with Gasteiger partial charge in [-0.1, -0.05) is 30.3 Å². The molecule has 1 unspecified atom stereocenters. The average molecular weight is 368 g/mol. The van der Waals surface area contributed by atoms with Gasteiger partial charge in [0.15, 0.2) is 11.6 Å². The highest BCUT2D eigenvalue weighted by molar-refractivity contribution is 5.93. The first-order chi connectivity index (χ1) is 12.9. The van der Waals surface area contributed by atoms with E-state index in [1.807, 2.05) is 37.3 Å². The van der Waals surface area contributed by atoms with Crippen molar-refractivity contribution < 1.29 is 13.6 Å². The summed E-state index contributed by atoms with van der Waals surface area (Å²) in [6, 6.07) is 14.2. The van der Waals surface area contributed by atoms with Crippen molar-refractivity contribution in [3.05, 3.63) is 83.3 Å². The van der Waals surface area contributed by atoms with E-state index in [1.54, 1.807) is 6.92 Å². The molecule has 0 saturated carbocycles. The van der Waals surface area contributed by atoms with E-state index in [4.69, 9.17) is 0 Å². The van der Waals surface area contributed by atoms with Crippen LogP contribution in [0.2, 0.25) is 0 Å². The molecule has 0 aliphatic heterocycles. The van der Waals surface area contributed by atoms with Gasteiger partial charge in [0.05, 0.1) is 6.04 Å². The molecule has 1 amide bonds. The van der Waals surface area contributed by atoms with E-state index in [-0.39, 0.29) is 17.6 Å². The summed E-state index contributed by atoms with van der Waals surface area (Å²) in [5.74, 6) is -1.58. The fourth-order valence-corrected chi connectivity index (χ4v) is 2.57. The predicted molar refractivity (Wildman–Crippen MR) is 98.7 cm³/mol. The molecule has 0 spiro atoms. The van der Waals surface area contributed by atoms with E-state index in [2.05, 4.69) is 20.6 Å². The zero-order valence-electron chi connectivity index (χ0n) is 14.8. The van der Waals surface area contributed by atoms with Crippen molar-refractivity contribution in [2.75, 3.05) is 5.32 Å². The molecule has 0 bridgehead atoms. The molecule has 3 rings (SSSR count). The molecule has 0 aliphatic carbocycles. The Morgan fingerprint density at radius 3 is 2.44 bits per heavy atom. The smallest absolute Gasteiger partial charge is 0.270 e. The van der Waals surface area contributed by atoms with Gasteiger partial charge in [-0.15, -0.1) is 0 Å². The van der Waals surface area contributed by atoms with Gasteiger partial charge in [0.2, 0.25) is 0 Å². The SMILES string of the molecule is Cc1nc(Nc2ccc(F)c(F)c2)cc(C(=O)NC(C)c2ccccc2)n1. The van der Waals surface area contributed by atoms with E-state index >= 15 is 0 Å². The van der Waals surface area contributed by atoms with Crippen LogP contribution in [0.3, 0.4) is 0 Å². The highest BCUT2D eigenvalue weighted by atomic mass is 19.2. The van der Waals surface area contributed by atoms with Crippen molar-refractivity contribution in [1.29, 1.82) is 0 Å². The van der Waals surface area contributed by atoms with Gasteiger partial charge in [-0.25, -0.2) is 18.7 Å². The third-order valence-electron chi connectivity index (χ3n) is 3.91. The monoisotopic (exact) mass is 368 g/mol. The Bertz CT molecular complexity index is 963. The van der Waals surface area contributed by atoms with Gasteiger partial charge in [-0.3, -0.25) is 4.79 Å². The summed E-state index contributed by atoms with van der Waals surface area (Å²) in [6.45, 7) is 3.52. The minimum atomic E-state index is -0.972. The molecular weight excluding hydrogens is 350 g/mol. The normalized spacial score (nSPS) is 11.7. The van der Waals surface area contributed by atoms with Gasteiger partial charge in [0.1, 0.15) is 17.3 Å². The molecule has 7 heteroatoms. The van der Waals surface area contributed by atoms with Crippen LogP contribution in [0.1, 0.15) is 34.8 Å². The summed E-state index contributed by atoms with van der Waals surface area (Å²) < 4.78 is 26.4. The van der Waals surface area contributed by atoms with Crippen LogP contribution in [0.5, 0.6) is 0 Å². The lowest BCUT2D eigenvalue weighted by Gasteiger charge is -2.14. The van der Waals surface area contributed by atoms with Crippen LogP contribution in [-0.2, 0) is 0 Å². The summed E-state index contributed by atoms with van der Waals surface area (Å²) in [7, 11) is 0. The van der Waals surface area contributed by atoms with Gasteiger partial charge in [0, 0.05) is 17.8 Å². The largest absolute Gasteiger partial charge is 0.344 e. The Balaban J connectivity index is 1.78. The Morgan fingerprint density at radius 2 is 1.74 bits per heavy atom. The second-order valence-corrected chi connectivity index (χ2v) is 6.05. The van der Waals surface area contributed by atoms with Crippen LogP contribution < -0.4 is 10.6 Å². The van der Waals surface area contributed by atoms with Gasteiger partial charge in [0.25, 0.3) is 5.91 Å². The van der Waals surface area contributed by atoms with Crippen molar-refractivity contribution in [3.63, 3.8) is 0 Å². The number of rotatable bonds is 5. The lowest BCUT2D eigenvalue weighted by atomic mass is 10.1. The number of benzene rings is 2. The number of amides is 1. The van der Waals surface area contributed by atoms with E-state index < -0.39 is 11.6 Å². The van der Waals surface area contributed by atoms with Gasteiger partial charge >= 0.3 is 0 Å². The zero-order valence-corrected chi connectivity index (χ0v) is 14.8. The number of nitrogens with one attached hydrogen (secondary N) is 2. The molecule has 1 aromatic heterocycles. The second-order valence-electron chi connectivity index (χ2n) is 6.05. The van der Waals surface area contributed by atoms with Crippen molar-refractivity contribution >= 4 is 17.4 Å². The summed E-state index contributed by atoms with van der Waals surface area (Å²) in [5.41, 5.74) is 1.46. The van der Waals surface area contributed by atoms with Crippen molar-refractivity contribution in [2.24, 2.45) is 0 Å². The van der Waals surface area contributed by atoms with Crippen LogP contribution >= 0.6 is 0 Å². The molecule has 0 fully saturated rings. The third kappa shape index (κ3) is 4.63. The topological polar surface area (TPSA) is 66.9 Å². The van der Waals surface area contributed by atoms with Crippen LogP contribution in [0.25, 0.3) is 0 Å². The Morgan fingerprint density at radius 1 is 1.00 bits per heavy atom. The fourth-order valence-electron chi connectivity index (χ4n) is 2.57. The zero-order chi connectivity index (χ0) is 19.4. The molecule has 0 radical (unpaired) electrons. The summed E-state index contributed by atoms with van der Waals surface area (Å²) in [4.78, 5) is 20.9. The van der Waals surface area contributed by atoms with E-state index in [0.29, 0.717) is 17.3 Å². The van der Waals surface area contributed by atoms with Crippen LogP contribution in [0.15, 0.2) is 54.6 Å². The Labute approximate surface area is 155 Å². The summed E-state index contributed by atoms with van der Waals surface area (Å²) >= 11 is 0. The van der Waals surface area contributed by atoms with Crippen LogP contribution in [0.4, 0.5) is 20.3 Å². The van der Waals surface area contributed by atoms with Gasteiger partial charge < -0.3 is 10.6 Å². The Hall–Kier alpha value is -3.35. The van der Waals surface area contributed by atoms with Crippen LogP contribution in [-0.4, -0.2) is 15.9 Å². The third-order valence-corrected chi connectivity index (χ3v) is 3.91. The second kappa shape index (κ2) is 7.90. The highest BCUT2D eigenvalue weighted by Crippen LogP contribution is 2.19. The summed E-state index contributed by atoms with van der Waals surface area (Å²) in [5, 5.41) is 5.74. The molecule has 3 aromatic rings. The van der Waals surface area contributed by atoms with Gasteiger partial charge in [-0.05, 0) is 31.5 Å². The standard InChI is InChI=1S/C20H18F2N4O/c1-12(14-6-4-3-5-7-14)23-20(27)18-11-19(25-13(2)24-18)26-15-8-9-16(21)17(22)10-15/h3-12H,1-2H3,(H,23,27)(H,24,25,26). The molecule has 138 valence electrons. The van der Waals surface area contributed by atoms with Crippen LogP contribution in [0, 0.1) is 18.6 Å². The highest BCUT2D eigenvalue weighted by Gasteiger charge is 2.15. The quantitative estimate of drug-likeness (QED) is 0.705. The minimum absolute atomic E-state index is 0.176. The number of nitrogens with zero attached hydrogens (tertiary/aromatic N) is 2. The van der Waals surface area contributed by atoms with Crippen molar-refractivity contribution in [3.8, 4) is 0 Å². The maximum Gasteiger partial charge on any atom is 0.270 e. The maximum absolute atomic E-state index is 13.4. The molecule has 1 atom stereocenters. The number of anilines is 2. The average Bonchev–Trinajstić information content (AvgIpc) is 2.65. The molecule has 5 nitrogen and oxygen atoms in total. The number of carbonyl (C=O) groups is 1. The number of aryl methyl sites for hydroxylation is 1. The van der Waals surface area contributed by atoms with Crippen molar-refractivity contribution in [2.45, 2.75) is 19.9 Å². The molecule has 0 saturated heterocycles. The molecule has 27 heavy (non-hydrogen) atoms. The first-order valence-electron chi connectivity index (χ1n) is 8.36. The number of carbonyl (C=O) groups excluding carboxylic acids is 1. The van der Waals surface area contributed by atoms with Gasteiger partial charge in [-0.2, -0.15) is 0 Å². The lowest BCUT2D eigenvalue weighted by molar-refractivity contribution is 0.0934. The molecule has 2 N–H and O–H groups in total. The van der Waals surface area contributed by atoms with E-state index in [1.165, 1.54) is 12.1 Å². The first-order valence-corrected chi connectivity index (χ1v) is 8.36.